The molecular weight excluding hydrogens is 330 g/mol. The molecule has 0 bridgehead atoms. The van der Waals surface area contributed by atoms with Gasteiger partial charge in [0.15, 0.2) is 0 Å². The van der Waals surface area contributed by atoms with Gasteiger partial charge < -0.3 is 14.2 Å². The predicted molar refractivity (Wildman–Crippen MR) is 98.9 cm³/mol. The summed E-state index contributed by atoms with van der Waals surface area (Å²) in [7, 11) is 1.64. The Hall–Kier alpha value is -2.37. The van der Waals surface area contributed by atoms with Crippen LogP contribution in [0.4, 0.5) is 0 Å². The van der Waals surface area contributed by atoms with Gasteiger partial charge in [-0.1, -0.05) is 25.9 Å². The lowest BCUT2D eigenvalue weighted by atomic mass is 9.90. The Morgan fingerprint density at radius 3 is 2.69 bits per heavy atom. The van der Waals surface area contributed by atoms with E-state index < -0.39 is 0 Å². The van der Waals surface area contributed by atoms with Gasteiger partial charge in [0.25, 0.3) is 0 Å². The summed E-state index contributed by atoms with van der Waals surface area (Å²) >= 11 is 0. The minimum Gasteiger partial charge on any atom is -0.497 e. The minimum atomic E-state index is -0.00392. The molecule has 1 aliphatic heterocycles. The number of hydrogen-bond donors (Lipinski definition) is 0. The summed E-state index contributed by atoms with van der Waals surface area (Å²) in [6.45, 7) is 7.73. The Morgan fingerprint density at radius 2 is 2.04 bits per heavy atom. The molecule has 2 aromatic rings. The third kappa shape index (κ3) is 4.42. The molecule has 1 atom stereocenters. The highest BCUT2D eigenvalue weighted by molar-refractivity contribution is 5.77. The number of ether oxygens (including phenoxy) is 1. The fourth-order valence-corrected chi connectivity index (χ4v) is 3.23. The highest BCUT2D eigenvalue weighted by Crippen LogP contribution is 2.29. The maximum Gasteiger partial charge on any atom is 0.231 e. The third-order valence-corrected chi connectivity index (χ3v) is 4.59. The summed E-state index contributed by atoms with van der Waals surface area (Å²) in [6, 6.07) is 7.57. The zero-order valence-electron chi connectivity index (χ0n) is 16.0. The number of piperidine rings is 1. The fraction of sp³-hybridized carbons (Fsp3) is 0.550. The van der Waals surface area contributed by atoms with E-state index >= 15 is 0 Å². The number of benzene rings is 1. The summed E-state index contributed by atoms with van der Waals surface area (Å²) < 4.78 is 10.7. The molecule has 3 rings (SSSR count). The van der Waals surface area contributed by atoms with Gasteiger partial charge in [-0.15, -0.1) is 0 Å². The Balaban J connectivity index is 1.69. The molecule has 6 heteroatoms. The maximum absolute atomic E-state index is 12.5. The molecule has 1 unspecified atom stereocenters. The second kappa shape index (κ2) is 7.48. The van der Waals surface area contributed by atoms with Crippen LogP contribution < -0.4 is 4.74 Å². The largest absolute Gasteiger partial charge is 0.497 e. The molecule has 1 amide bonds. The number of methoxy groups -OCH3 is 1. The normalized spacial score (nSPS) is 18.0. The van der Waals surface area contributed by atoms with Crippen molar-refractivity contribution in [3.05, 3.63) is 30.2 Å². The first kappa shape index (κ1) is 18.4. The topological polar surface area (TPSA) is 68.5 Å². The molecule has 140 valence electrons. The monoisotopic (exact) mass is 357 g/mol. The first-order chi connectivity index (χ1) is 12.4. The zero-order valence-corrected chi connectivity index (χ0v) is 16.0. The lowest BCUT2D eigenvalue weighted by molar-refractivity contribution is -0.134. The molecule has 0 spiro atoms. The highest BCUT2D eigenvalue weighted by Gasteiger charge is 2.30. The van der Waals surface area contributed by atoms with Crippen LogP contribution in [0.25, 0.3) is 11.4 Å². The van der Waals surface area contributed by atoms with Gasteiger partial charge in [0.2, 0.25) is 17.6 Å². The number of aromatic nitrogens is 2. The van der Waals surface area contributed by atoms with Gasteiger partial charge in [0, 0.05) is 25.1 Å². The number of carbonyl (C=O) groups excluding carboxylic acids is 1. The van der Waals surface area contributed by atoms with Crippen molar-refractivity contribution in [1.29, 1.82) is 0 Å². The molecule has 1 fully saturated rings. The van der Waals surface area contributed by atoms with Crippen LogP contribution in [0.1, 0.15) is 51.8 Å². The Labute approximate surface area is 154 Å². The standard InChI is InChI=1S/C20H27N3O3/c1-20(2,3)12-17(24)23-11-5-6-15(13-23)19-21-18(22-26-19)14-7-9-16(25-4)10-8-14/h7-10,15H,5-6,11-13H2,1-4H3. The van der Waals surface area contributed by atoms with Gasteiger partial charge in [-0.3, -0.25) is 4.79 Å². The van der Waals surface area contributed by atoms with Crippen molar-refractivity contribution >= 4 is 5.91 Å². The average Bonchev–Trinajstić information content (AvgIpc) is 3.10. The van der Waals surface area contributed by atoms with Gasteiger partial charge >= 0.3 is 0 Å². The lowest BCUT2D eigenvalue weighted by Gasteiger charge is -2.33. The fourth-order valence-electron chi connectivity index (χ4n) is 3.23. The highest BCUT2D eigenvalue weighted by atomic mass is 16.5. The average molecular weight is 357 g/mol. The Kier molecular flexibility index (Phi) is 5.30. The predicted octanol–water partition coefficient (Wildman–Crippen LogP) is 3.89. The number of carbonyl (C=O) groups is 1. The summed E-state index contributed by atoms with van der Waals surface area (Å²) in [5.41, 5.74) is 0.882. The van der Waals surface area contributed by atoms with Crippen LogP contribution in [-0.2, 0) is 4.79 Å². The molecule has 6 nitrogen and oxygen atoms in total. The molecule has 2 heterocycles. The lowest BCUT2D eigenvalue weighted by Crippen LogP contribution is -2.40. The Morgan fingerprint density at radius 1 is 1.31 bits per heavy atom. The first-order valence-electron chi connectivity index (χ1n) is 9.11. The zero-order chi connectivity index (χ0) is 18.7. The van der Waals surface area contributed by atoms with Crippen molar-refractivity contribution in [2.24, 2.45) is 5.41 Å². The van der Waals surface area contributed by atoms with E-state index in [4.69, 9.17) is 9.26 Å². The number of hydrogen-bond acceptors (Lipinski definition) is 5. The number of amides is 1. The van der Waals surface area contributed by atoms with E-state index in [9.17, 15) is 4.79 Å². The van der Waals surface area contributed by atoms with Gasteiger partial charge in [0.1, 0.15) is 5.75 Å². The van der Waals surface area contributed by atoms with E-state index in [0.717, 1.165) is 30.7 Å². The summed E-state index contributed by atoms with van der Waals surface area (Å²) in [5, 5.41) is 4.12. The van der Waals surface area contributed by atoms with Crippen molar-refractivity contribution in [3.63, 3.8) is 0 Å². The van der Waals surface area contributed by atoms with Crippen LogP contribution in [0.5, 0.6) is 5.75 Å². The van der Waals surface area contributed by atoms with E-state index in [0.29, 0.717) is 24.7 Å². The van der Waals surface area contributed by atoms with Crippen molar-refractivity contribution in [2.75, 3.05) is 20.2 Å². The van der Waals surface area contributed by atoms with Crippen LogP contribution in [-0.4, -0.2) is 41.1 Å². The maximum atomic E-state index is 12.5. The number of nitrogens with zero attached hydrogens (tertiary/aromatic N) is 3. The molecule has 0 radical (unpaired) electrons. The summed E-state index contributed by atoms with van der Waals surface area (Å²) in [4.78, 5) is 19.0. The van der Waals surface area contributed by atoms with E-state index in [1.807, 2.05) is 29.2 Å². The van der Waals surface area contributed by atoms with Crippen molar-refractivity contribution in [3.8, 4) is 17.1 Å². The molecule has 1 aromatic carbocycles. The van der Waals surface area contributed by atoms with Gasteiger partial charge in [-0.2, -0.15) is 4.98 Å². The van der Waals surface area contributed by atoms with E-state index in [1.165, 1.54) is 0 Å². The molecule has 26 heavy (non-hydrogen) atoms. The molecule has 0 N–H and O–H groups in total. The molecule has 0 aliphatic carbocycles. The van der Waals surface area contributed by atoms with Gasteiger partial charge in [0.05, 0.1) is 13.0 Å². The molecule has 1 saturated heterocycles. The molecule has 1 aromatic heterocycles. The Bertz CT molecular complexity index is 746. The van der Waals surface area contributed by atoms with Crippen LogP contribution >= 0.6 is 0 Å². The van der Waals surface area contributed by atoms with Crippen LogP contribution in [0, 0.1) is 5.41 Å². The second-order valence-electron chi connectivity index (χ2n) is 8.10. The van der Waals surface area contributed by atoms with E-state index in [-0.39, 0.29) is 17.2 Å². The quantitative estimate of drug-likeness (QED) is 0.830. The van der Waals surface area contributed by atoms with Crippen molar-refractivity contribution < 1.29 is 14.1 Å². The first-order valence-corrected chi connectivity index (χ1v) is 9.11. The molecule has 1 aliphatic rings. The molecular formula is C20H27N3O3. The van der Waals surface area contributed by atoms with Crippen LogP contribution in [0.2, 0.25) is 0 Å². The minimum absolute atomic E-state index is 0.00392. The summed E-state index contributed by atoms with van der Waals surface area (Å²) in [5.74, 6) is 2.28. The molecule has 0 saturated carbocycles. The van der Waals surface area contributed by atoms with Crippen LogP contribution in [0.3, 0.4) is 0 Å². The number of likely N-dealkylation sites (tertiary alicyclic amines) is 1. The van der Waals surface area contributed by atoms with Crippen molar-refractivity contribution in [1.82, 2.24) is 15.0 Å². The van der Waals surface area contributed by atoms with Gasteiger partial charge in [-0.25, -0.2) is 0 Å². The van der Waals surface area contributed by atoms with Crippen LogP contribution in [0.15, 0.2) is 28.8 Å². The summed E-state index contributed by atoms with van der Waals surface area (Å²) in [6.07, 6.45) is 2.48. The third-order valence-electron chi connectivity index (χ3n) is 4.59. The smallest absolute Gasteiger partial charge is 0.231 e. The number of rotatable bonds is 4. The van der Waals surface area contributed by atoms with Crippen molar-refractivity contribution in [2.45, 2.75) is 46.0 Å². The van der Waals surface area contributed by atoms with Gasteiger partial charge in [-0.05, 0) is 42.5 Å². The SMILES string of the molecule is COc1ccc(-c2noc(C3CCCN(C(=O)CC(C)(C)C)C3)n2)cc1. The van der Waals surface area contributed by atoms with E-state index in [2.05, 4.69) is 30.9 Å². The second-order valence-corrected chi connectivity index (χ2v) is 8.10. The van der Waals surface area contributed by atoms with E-state index in [1.54, 1.807) is 7.11 Å².